The Morgan fingerprint density at radius 2 is 2.06 bits per heavy atom. The predicted octanol–water partition coefficient (Wildman–Crippen LogP) is 4.34. The van der Waals surface area contributed by atoms with Gasteiger partial charge in [-0.3, -0.25) is 19.3 Å². The number of amides is 2. The van der Waals surface area contributed by atoms with Gasteiger partial charge in [0.25, 0.3) is 11.8 Å². The zero-order chi connectivity index (χ0) is 23.3. The number of rotatable bonds is 8. The topological polar surface area (TPSA) is 95.9 Å². The first-order chi connectivity index (χ1) is 15.2. The summed E-state index contributed by atoms with van der Waals surface area (Å²) in [7, 11) is 0. The maximum atomic E-state index is 12.5. The Morgan fingerprint density at radius 3 is 2.78 bits per heavy atom. The van der Waals surface area contributed by atoms with Gasteiger partial charge in [0, 0.05) is 17.3 Å². The molecular weight excluding hydrogens is 472 g/mol. The number of hydrogen-bond donors (Lipinski definition) is 2. The number of benzene rings is 2. The number of carboxylic acids is 1. The van der Waals surface area contributed by atoms with Gasteiger partial charge in [0.05, 0.1) is 11.3 Å². The van der Waals surface area contributed by atoms with Gasteiger partial charge in [0.2, 0.25) is 0 Å². The minimum absolute atomic E-state index is 0.0296. The molecule has 2 N–H and O–H groups in total. The summed E-state index contributed by atoms with van der Waals surface area (Å²) < 4.78 is 5.89. The number of thioether (sulfide) groups is 1. The van der Waals surface area contributed by atoms with Crippen molar-refractivity contribution in [3.63, 3.8) is 0 Å². The van der Waals surface area contributed by atoms with Gasteiger partial charge in [-0.25, -0.2) is 0 Å². The Morgan fingerprint density at radius 1 is 1.28 bits per heavy atom. The lowest BCUT2D eigenvalue weighted by Crippen LogP contribution is -2.30. The third kappa shape index (κ3) is 6.32. The van der Waals surface area contributed by atoms with Crippen molar-refractivity contribution >= 4 is 69.4 Å². The van der Waals surface area contributed by atoms with Gasteiger partial charge in [0.1, 0.15) is 10.1 Å². The van der Waals surface area contributed by atoms with E-state index in [1.165, 1.54) is 4.90 Å². The summed E-state index contributed by atoms with van der Waals surface area (Å²) in [6.07, 6.45) is 1.47. The van der Waals surface area contributed by atoms with E-state index in [1.54, 1.807) is 42.5 Å². The van der Waals surface area contributed by atoms with Crippen LogP contribution in [0.15, 0.2) is 47.4 Å². The van der Waals surface area contributed by atoms with Crippen molar-refractivity contribution in [3.05, 3.63) is 63.5 Å². The van der Waals surface area contributed by atoms with Crippen LogP contribution >= 0.6 is 35.6 Å². The molecule has 0 aliphatic carbocycles. The lowest BCUT2D eigenvalue weighted by molar-refractivity contribution is -0.137. The minimum atomic E-state index is -0.998. The molecular formula is C22H19ClN2O5S2. The summed E-state index contributed by atoms with van der Waals surface area (Å²) in [5.74, 6) is -1.21. The molecule has 0 radical (unpaired) electrons. The first kappa shape index (κ1) is 23.8. The van der Waals surface area contributed by atoms with Crippen LogP contribution in [-0.2, 0) is 14.4 Å². The average molecular weight is 491 g/mol. The van der Waals surface area contributed by atoms with Gasteiger partial charge < -0.3 is 15.2 Å². The Balaban J connectivity index is 1.61. The largest absolute Gasteiger partial charge is 0.484 e. The molecule has 0 bridgehead atoms. The number of ether oxygens (including phenoxy) is 1. The second-order valence-corrected chi connectivity index (χ2v) is 8.93. The van der Waals surface area contributed by atoms with Gasteiger partial charge in [-0.05, 0) is 48.4 Å². The summed E-state index contributed by atoms with van der Waals surface area (Å²) >= 11 is 12.4. The van der Waals surface area contributed by atoms with E-state index in [4.69, 9.17) is 33.7 Å². The number of carbonyl (C=O) groups excluding carboxylic acids is 2. The number of halogens is 1. The monoisotopic (exact) mass is 490 g/mol. The van der Waals surface area contributed by atoms with Crippen LogP contribution in [0.3, 0.4) is 0 Å². The molecule has 166 valence electrons. The molecule has 0 unspecified atom stereocenters. The molecule has 0 saturated carbocycles. The highest BCUT2D eigenvalue weighted by molar-refractivity contribution is 8.26. The van der Waals surface area contributed by atoms with Crippen LogP contribution in [0.1, 0.15) is 17.5 Å². The standard InChI is InChI=1S/C22H19ClN2O5S2/c1-13-5-6-15(11-17(13)23)24-19(26)12-30-16-4-2-3-14(9-16)10-18-21(29)25(22(31)32-18)8-7-20(27)28/h2-6,9-11H,7-8,12H2,1H3,(H,24,26)(H,27,28)/b18-10+. The fraction of sp³-hybridized carbons (Fsp3) is 0.182. The summed E-state index contributed by atoms with van der Waals surface area (Å²) in [5.41, 5.74) is 2.18. The molecule has 1 fully saturated rings. The van der Waals surface area contributed by atoms with E-state index in [2.05, 4.69) is 5.32 Å². The molecule has 7 nitrogen and oxygen atoms in total. The average Bonchev–Trinajstić information content (AvgIpc) is 3.00. The van der Waals surface area contributed by atoms with E-state index < -0.39 is 5.97 Å². The highest BCUT2D eigenvalue weighted by atomic mass is 35.5. The van der Waals surface area contributed by atoms with E-state index in [9.17, 15) is 14.4 Å². The quantitative estimate of drug-likeness (QED) is 0.419. The Hall–Kier alpha value is -2.88. The summed E-state index contributed by atoms with van der Waals surface area (Å²) in [6, 6.07) is 12.2. The molecule has 0 spiro atoms. The lowest BCUT2D eigenvalue weighted by Gasteiger charge is -2.12. The van der Waals surface area contributed by atoms with Gasteiger partial charge in [-0.2, -0.15) is 0 Å². The number of anilines is 1. The number of hydrogen-bond acceptors (Lipinski definition) is 6. The molecule has 1 aliphatic heterocycles. The molecule has 1 aliphatic rings. The molecule has 3 rings (SSSR count). The maximum Gasteiger partial charge on any atom is 0.305 e. The third-order valence-corrected chi connectivity index (χ3v) is 6.19. The van der Waals surface area contributed by atoms with Crippen LogP contribution in [0.2, 0.25) is 5.02 Å². The van der Waals surface area contributed by atoms with Crippen LogP contribution < -0.4 is 10.1 Å². The molecule has 10 heteroatoms. The van der Waals surface area contributed by atoms with Crippen LogP contribution in [-0.4, -0.2) is 45.3 Å². The molecule has 2 amide bonds. The Labute approximate surface area is 199 Å². The highest BCUT2D eigenvalue weighted by Gasteiger charge is 2.32. The zero-order valence-corrected chi connectivity index (χ0v) is 19.4. The first-order valence-corrected chi connectivity index (χ1v) is 11.1. The number of carboxylic acid groups (broad SMARTS) is 1. The summed E-state index contributed by atoms with van der Waals surface area (Å²) in [4.78, 5) is 37.1. The second kappa shape index (κ2) is 10.6. The molecule has 0 atom stereocenters. The van der Waals surface area contributed by atoms with Crippen molar-refractivity contribution in [2.45, 2.75) is 13.3 Å². The Bertz CT molecular complexity index is 1120. The molecule has 2 aromatic carbocycles. The molecule has 2 aromatic rings. The second-order valence-electron chi connectivity index (χ2n) is 6.85. The smallest absolute Gasteiger partial charge is 0.305 e. The van der Waals surface area contributed by atoms with E-state index in [1.807, 2.05) is 13.0 Å². The van der Waals surface area contributed by atoms with Gasteiger partial charge >= 0.3 is 5.97 Å². The summed E-state index contributed by atoms with van der Waals surface area (Å²) in [6.45, 7) is 1.70. The molecule has 0 aromatic heterocycles. The van der Waals surface area contributed by atoms with Crippen molar-refractivity contribution in [3.8, 4) is 5.75 Å². The first-order valence-electron chi connectivity index (χ1n) is 9.49. The number of aliphatic carboxylic acids is 1. The van der Waals surface area contributed by atoms with Crippen molar-refractivity contribution in [2.75, 3.05) is 18.5 Å². The van der Waals surface area contributed by atoms with Gasteiger partial charge in [0.15, 0.2) is 6.61 Å². The van der Waals surface area contributed by atoms with Crippen molar-refractivity contribution in [2.24, 2.45) is 0 Å². The van der Waals surface area contributed by atoms with Crippen molar-refractivity contribution < 1.29 is 24.2 Å². The maximum absolute atomic E-state index is 12.5. The Kier molecular flexibility index (Phi) is 7.89. The van der Waals surface area contributed by atoms with Crippen LogP contribution in [0, 0.1) is 6.92 Å². The van der Waals surface area contributed by atoms with E-state index in [-0.39, 0.29) is 31.4 Å². The fourth-order valence-electron chi connectivity index (χ4n) is 2.76. The molecule has 1 heterocycles. The van der Waals surface area contributed by atoms with E-state index >= 15 is 0 Å². The fourth-order valence-corrected chi connectivity index (χ4v) is 4.25. The van der Waals surface area contributed by atoms with Crippen LogP contribution in [0.5, 0.6) is 5.75 Å². The van der Waals surface area contributed by atoms with E-state index in [0.29, 0.717) is 31.2 Å². The van der Waals surface area contributed by atoms with Gasteiger partial charge in [-0.1, -0.05) is 53.8 Å². The van der Waals surface area contributed by atoms with E-state index in [0.717, 1.165) is 17.3 Å². The lowest BCUT2D eigenvalue weighted by atomic mass is 10.2. The minimum Gasteiger partial charge on any atom is -0.484 e. The van der Waals surface area contributed by atoms with Crippen molar-refractivity contribution in [1.29, 1.82) is 0 Å². The number of thiocarbonyl (C=S) groups is 1. The SMILES string of the molecule is Cc1ccc(NC(=O)COc2cccc(/C=C3/SC(=S)N(CCC(=O)O)C3=O)c2)cc1Cl. The van der Waals surface area contributed by atoms with Crippen LogP contribution in [0.4, 0.5) is 5.69 Å². The normalized spacial score (nSPS) is 14.7. The third-order valence-electron chi connectivity index (χ3n) is 4.40. The predicted molar refractivity (Wildman–Crippen MR) is 129 cm³/mol. The molecule has 32 heavy (non-hydrogen) atoms. The number of aryl methyl sites for hydroxylation is 1. The zero-order valence-electron chi connectivity index (χ0n) is 17.0. The number of nitrogens with one attached hydrogen (secondary N) is 1. The van der Waals surface area contributed by atoms with Gasteiger partial charge in [-0.15, -0.1) is 0 Å². The number of carbonyl (C=O) groups is 3. The number of nitrogens with zero attached hydrogens (tertiary/aromatic N) is 1. The van der Waals surface area contributed by atoms with Crippen molar-refractivity contribution in [1.82, 2.24) is 4.90 Å². The highest BCUT2D eigenvalue weighted by Crippen LogP contribution is 2.33. The molecule has 1 saturated heterocycles. The van der Waals surface area contributed by atoms with Crippen LogP contribution in [0.25, 0.3) is 6.08 Å². The summed E-state index contributed by atoms with van der Waals surface area (Å²) in [5, 5.41) is 12.1.